The van der Waals surface area contributed by atoms with Crippen LogP contribution in [0.4, 0.5) is 4.79 Å². The molecule has 2 amide bonds. The number of methoxy groups -OCH3 is 1. The van der Waals surface area contributed by atoms with Crippen LogP contribution in [-0.4, -0.2) is 67.7 Å². The molecule has 1 heterocycles. The molecule has 1 atom stereocenters. The van der Waals surface area contributed by atoms with Gasteiger partial charge in [0.25, 0.3) is 0 Å². The van der Waals surface area contributed by atoms with E-state index in [1.807, 2.05) is 11.8 Å². The zero-order valence-electron chi connectivity index (χ0n) is 16.7. The van der Waals surface area contributed by atoms with Crippen molar-refractivity contribution < 1.29 is 14.3 Å². The predicted molar refractivity (Wildman–Crippen MR) is 103 cm³/mol. The third-order valence-electron chi connectivity index (χ3n) is 5.67. The molecule has 1 aliphatic carbocycles. The Labute approximate surface area is 158 Å². The maximum atomic E-state index is 12.8. The van der Waals surface area contributed by atoms with Crippen molar-refractivity contribution in [3.8, 4) is 0 Å². The number of nitrogens with zero attached hydrogens (tertiary/aromatic N) is 2. The molecule has 2 fully saturated rings. The topological polar surface area (TPSA) is 61.9 Å². The van der Waals surface area contributed by atoms with Crippen LogP contribution in [0.2, 0.25) is 0 Å². The van der Waals surface area contributed by atoms with E-state index in [1.54, 1.807) is 0 Å². The molecule has 1 saturated heterocycles. The van der Waals surface area contributed by atoms with Crippen molar-refractivity contribution in [2.24, 2.45) is 5.92 Å². The molecule has 0 spiro atoms. The van der Waals surface area contributed by atoms with Crippen molar-refractivity contribution in [1.82, 2.24) is 15.1 Å². The van der Waals surface area contributed by atoms with E-state index in [1.165, 1.54) is 52.3 Å². The van der Waals surface area contributed by atoms with Crippen LogP contribution in [-0.2, 0) is 9.53 Å². The Balaban J connectivity index is 1.80. The van der Waals surface area contributed by atoms with Crippen LogP contribution < -0.4 is 5.32 Å². The lowest BCUT2D eigenvalue weighted by molar-refractivity contribution is -0.145. The summed E-state index contributed by atoms with van der Waals surface area (Å²) in [5, 5.41) is 3.19. The summed E-state index contributed by atoms with van der Waals surface area (Å²) >= 11 is 0. The molecule has 2 aliphatic rings. The molecule has 0 aromatic rings. The van der Waals surface area contributed by atoms with Gasteiger partial charge in [0.2, 0.25) is 0 Å². The van der Waals surface area contributed by atoms with E-state index in [4.69, 9.17) is 4.74 Å². The molecular weight excluding hydrogens is 330 g/mol. The van der Waals surface area contributed by atoms with Gasteiger partial charge in [-0.1, -0.05) is 26.2 Å². The van der Waals surface area contributed by atoms with E-state index >= 15 is 0 Å². The number of hydrogen-bond acceptors (Lipinski definition) is 4. The average Bonchev–Trinajstić information content (AvgIpc) is 3.17. The van der Waals surface area contributed by atoms with Gasteiger partial charge in [-0.25, -0.2) is 4.79 Å². The van der Waals surface area contributed by atoms with Crippen molar-refractivity contribution >= 4 is 12.0 Å². The summed E-state index contributed by atoms with van der Waals surface area (Å²) in [5.41, 5.74) is 0. The lowest BCUT2D eigenvalue weighted by Gasteiger charge is -2.30. The second-order valence-electron chi connectivity index (χ2n) is 7.91. The van der Waals surface area contributed by atoms with Crippen molar-refractivity contribution in [3.05, 3.63) is 0 Å². The van der Waals surface area contributed by atoms with Gasteiger partial charge in [0.15, 0.2) is 0 Å². The molecule has 26 heavy (non-hydrogen) atoms. The van der Waals surface area contributed by atoms with Gasteiger partial charge in [0.05, 0.1) is 13.0 Å². The summed E-state index contributed by atoms with van der Waals surface area (Å²) < 4.78 is 4.83. The zero-order chi connectivity index (χ0) is 18.8. The largest absolute Gasteiger partial charge is 0.469 e. The maximum Gasteiger partial charge on any atom is 0.317 e. The normalized spacial score (nSPS) is 19.9. The second-order valence-corrected chi connectivity index (χ2v) is 7.91. The number of likely N-dealkylation sites (tertiary alicyclic amines) is 1. The molecule has 1 saturated carbocycles. The van der Waals surface area contributed by atoms with Gasteiger partial charge in [-0.05, 0) is 58.2 Å². The monoisotopic (exact) mass is 367 g/mol. The minimum absolute atomic E-state index is 0.0196. The Kier molecular flexibility index (Phi) is 9.23. The molecule has 150 valence electrons. The fraction of sp³-hybridized carbons (Fsp3) is 0.900. The number of nitrogens with one attached hydrogen (secondary N) is 1. The lowest BCUT2D eigenvalue weighted by Crippen LogP contribution is -2.48. The van der Waals surface area contributed by atoms with Crippen LogP contribution in [0, 0.1) is 5.92 Å². The van der Waals surface area contributed by atoms with Crippen LogP contribution in [0.25, 0.3) is 0 Å². The van der Waals surface area contributed by atoms with Gasteiger partial charge >= 0.3 is 12.0 Å². The number of amides is 2. The first-order chi connectivity index (χ1) is 12.6. The highest BCUT2D eigenvalue weighted by Crippen LogP contribution is 2.18. The van der Waals surface area contributed by atoms with Crippen LogP contribution in [0.15, 0.2) is 0 Å². The first-order valence-corrected chi connectivity index (χ1v) is 10.5. The molecule has 0 radical (unpaired) electrons. The minimum Gasteiger partial charge on any atom is -0.469 e. The van der Waals surface area contributed by atoms with Gasteiger partial charge in [0, 0.05) is 19.1 Å². The number of urea groups is 1. The van der Waals surface area contributed by atoms with Gasteiger partial charge in [-0.3, -0.25) is 4.79 Å². The van der Waals surface area contributed by atoms with Crippen LogP contribution >= 0.6 is 0 Å². The first-order valence-electron chi connectivity index (χ1n) is 10.5. The van der Waals surface area contributed by atoms with E-state index in [0.717, 1.165) is 32.2 Å². The van der Waals surface area contributed by atoms with Crippen molar-refractivity contribution in [2.75, 3.05) is 39.8 Å². The lowest BCUT2D eigenvalue weighted by atomic mass is 9.96. The Morgan fingerprint density at radius 1 is 1.12 bits per heavy atom. The molecule has 1 unspecified atom stereocenters. The molecule has 0 bridgehead atoms. The van der Waals surface area contributed by atoms with Crippen LogP contribution in [0.5, 0.6) is 0 Å². The highest BCUT2D eigenvalue weighted by atomic mass is 16.5. The van der Waals surface area contributed by atoms with E-state index in [2.05, 4.69) is 10.2 Å². The highest BCUT2D eigenvalue weighted by molar-refractivity contribution is 5.76. The average molecular weight is 368 g/mol. The summed E-state index contributed by atoms with van der Waals surface area (Å²) in [5.74, 6) is -0.548. The number of esters is 1. The van der Waals surface area contributed by atoms with Gasteiger partial charge < -0.3 is 19.9 Å². The zero-order valence-corrected chi connectivity index (χ0v) is 16.7. The predicted octanol–water partition coefficient (Wildman–Crippen LogP) is 3.02. The number of carbonyl (C=O) groups is 2. The summed E-state index contributed by atoms with van der Waals surface area (Å²) in [7, 11) is 1.40. The first kappa shape index (κ1) is 21.0. The van der Waals surface area contributed by atoms with E-state index in [9.17, 15) is 9.59 Å². The Bertz CT molecular complexity index is 432. The number of hydrogen-bond donors (Lipinski definition) is 1. The van der Waals surface area contributed by atoms with Gasteiger partial charge in [-0.15, -0.1) is 0 Å². The van der Waals surface area contributed by atoms with Gasteiger partial charge in [-0.2, -0.15) is 0 Å². The molecule has 1 N–H and O–H groups in total. The van der Waals surface area contributed by atoms with Crippen molar-refractivity contribution in [2.45, 2.75) is 70.8 Å². The summed E-state index contributed by atoms with van der Waals surface area (Å²) in [6.07, 6.45) is 10.5. The standard InChI is InChI=1S/C20H37N3O3/c1-17(19(24)26-2)16-23(15-9-8-14-22-12-6-7-13-22)20(25)21-18-10-4-3-5-11-18/h17-18H,3-16H2,1-2H3,(H,21,25). The Morgan fingerprint density at radius 3 is 2.46 bits per heavy atom. The molecule has 6 nitrogen and oxygen atoms in total. The van der Waals surface area contributed by atoms with E-state index in [-0.39, 0.29) is 24.0 Å². The highest BCUT2D eigenvalue weighted by Gasteiger charge is 2.24. The Morgan fingerprint density at radius 2 is 1.81 bits per heavy atom. The van der Waals surface area contributed by atoms with Crippen LogP contribution in [0.3, 0.4) is 0 Å². The minimum atomic E-state index is -0.296. The third kappa shape index (κ3) is 7.14. The maximum absolute atomic E-state index is 12.8. The quantitative estimate of drug-likeness (QED) is 0.503. The van der Waals surface area contributed by atoms with E-state index in [0.29, 0.717) is 13.1 Å². The number of rotatable bonds is 9. The van der Waals surface area contributed by atoms with Gasteiger partial charge in [0.1, 0.15) is 0 Å². The smallest absolute Gasteiger partial charge is 0.317 e. The van der Waals surface area contributed by atoms with E-state index < -0.39 is 0 Å². The second kappa shape index (κ2) is 11.4. The molecule has 2 rings (SSSR count). The number of ether oxygens (including phenoxy) is 1. The fourth-order valence-electron chi connectivity index (χ4n) is 4.04. The Hall–Kier alpha value is -1.30. The molecule has 6 heteroatoms. The SMILES string of the molecule is COC(=O)C(C)CN(CCCCN1CCCC1)C(=O)NC1CCCCC1. The molecular formula is C20H37N3O3. The summed E-state index contributed by atoms with van der Waals surface area (Å²) in [6.45, 7) is 6.50. The van der Waals surface area contributed by atoms with Crippen LogP contribution in [0.1, 0.15) is 64.7 Å². The molecule has 0 aromatic heterocycles. The van der Waals surface area contributed by atoms with Crippen molar-refractivity contribution in [3.63, 3.8) is 0 Å². The number of carbonyl (C=O) groups excluding carboxylic acids is 2. The van der Waals surface area contributed by atoms with Crippen molar-refractivity contribution in [1.29, 1.82) is 0 Å². The molecule has 1 aliphatic heterocycles. The third-order valence-corrected chi connectivity index (χ3v) is 5.67. The summed E-state index contributed by atoms with van der Waals surface area (Å²) in [4.78, 5) is 28.9. The number of unbranched alkanes of at least 4 members (excludes halogenated alkanes) is 1. The molecule has 0 aromatic carbocycles. The summed E-state index contributed by atoms with van der Waals surface area (Å²) in [6, 6.07) is 0.269. The fourth-order valence-corrected chi connectivity index (χ4v) is 4.04.